The van der Waals surface area contributed by atoms with Crippen LogP contribution in [0.25, 0.3) is 0 Å². The predicted molar refractivity (Wildman–Crippen MR) is 86.5 cm³/mol. The van der Waals surface area contributed by atoms with Gasteiger partial charge in [-0.25, -0.2) is 4.98 Å². The van der Waals surface area contributed by atoms with E-state index in [9.17, 15) is 5.11 Å². The Morgan fingerprint density at radius 1 is 1.23 bits per heavy atom. The van der Waals surface area contributed by atoms with Crippen molar-refractivity contribution in [3.63, 3.8) is 0 Å². The molecule has 1 unspecified atom stereocenters. The Balaban J connectivity index is 1.77. The molecule has 2 heterocycles. The van der Waals surface area contributed by atoms with Crippen LogP contribution in [-0.2, 0) is 23.5 Å². The molecule has 4 nitrogen and oxygen atoms in total. The van der Waals surface area contributed by atoms with Crippen molar-refractivity contribution in [1.82, 2.24) is 4.98 Å². The summed E-state index contributed by atoms with van der Waals surface area (Å²) in [5.41, 5.74) is 2.58. The van der Waals surface area contributed by atoms with E-state index in [2.05, 4.69) is 29.4 Å². The zero-order valence-electron chi connectivity index (χ0n) is 12.9. The summed E-state index contributed by atoms with van der Waals surface area (Å²) in [7, 11) is 0. The van der Waals surface area contributed by atoms with Gasteiger partial charge in [0.05, 0.1) is 17.9 Å². The summed E-state index contributed by atoms with van der Waals surface area (Å²) in [4.78, 5) is 4.55. The van der Waals surface area contributed by atoms with E-state index in [1.807, 2.05) is 30.3 Å². The summed E-state index contributed by atoms with van der Waals surface area (Å²) in [6.07, 6.45) is 2.02. The van der Waals surface area contributed by atoms with E-state index in [1.54, 1.807) is 0 Å². The van der Waals surface area contributed by atoms with Gasteiger partial charge in [0, 0.05) is 18.7 Å². The van der Waals surface area contributed by atoms with Crippen LogP contribution in [0.3, 0.4) is 0 Å². The highest BCUT2D eigenvalue weighted by Gasteiger charge is 2.34. The molecule has 1 aromatic carbocycles. The molecule has 0 saturated carbocycles. The number of benzene rings is 1. The van der Waals surface area contributed by atoms with E-state index < -0.39 is 0 Å². The Morgan fingerprint density at radius 2 is 2.05 bits per heavy atom. The average molecular weight is 298 g/mol. The largest absolute Gasteiger partial charge is 0.390 e. The molecular weight excluding hydrogens is 276 g/mol. The maximum absolute atomic E-state index is 9.66. The second-order valence-electron chi connectivity index (χ2n) is 5.87. The molecule has 0 aliphatic carbocycles. The minimum Gasteiger partial charge on any atom is -0.390 e. The Morgan fingerprint density at radius 3 is 2.73 bits per heavy atom. The van der Waals surface area contributed by atoms with Gasteiger partial charge in [0.2, 0.25) is 0 Å². The zero-order chi connectivity index (χ0) is 15.4. The SMILES string of the molecule is CC1(c2ccc(NCc3ccccc3)nc2CO)CCCO1. The quantitative estimate of drug-likeness (QED) is 0.890. The van der Waals surface area contributed by atoms with Crippen LogP contribution >= 0.6 is 0 Å². The molecule has 0 radical (unpaired) electrons. The Kier molecular flexibility index (Phi) is 4.41. The summed E-state index contributed by atoms with van der Waals surface area (Å²) >= 11 is 0. The van der Waals surface area contributed by atoms with Gasteiger partial charge < -0.3 is 15.2 Å². The van der Waals surface area contributed by atoms with Crippen molar-refractivity contribution in [2.75, 3.05) is 11.9 Å². The van der Waals surface area contributed by atoms with Crippen molar-refractivity contribution in [1.29, 1.82) is 0 Å². The lowest BCUT2D eigenvalue weighted by atomic mass is 9.91. The third-order valence-corrected chi connectivity index (χ3v) is 4.23. The summed E-state index contributed by atoms with van der Waals surface area (Å²) in [6.45, 7) is 3.49. The Labute approximate surface area is 131 Å². The second-order valence-corrected chi connectivity index (χ2v) is 5.87. The molecule has 2 aromatic rings. The molecule has 2 N–H and O–H groups in total. The van der Waals surface area contributed by atoms with Crippen LogP contribution in [0.2, 0.25) is 0 Å². The molecule has 0 bridgehead atoms. The highest BCUT2D eigenvalue weighted by atomic mass is 16.5. The second kappa shape index (κ2) is 6.46. The van der Waals surface area contributed by atoms with Gasteiger partial charge in [-0.05, 0) is 31.4 Å². The van der Waals surface area contributed by atoms with E-state index in [-0.39, 0.29) is 12.2 Å². The molecule has 1 aliphatic rings. The summed E-state index contributed by atoms with van der Waals surface area (Å²) < 4.78 is 5.87. The summed E-state index contributed by atoms with van der Waals surface area (Å²) in [6, 6.07) is 14.2. The van der Waals surface area contributed by atoms with Crippen LogP contribution in [-0.4, -0.2) is 16.7 Å². The zero-order valence-corrected chi connectivity index (χ0v) is 12.9. The number of rotatable bonds is 5. The first kappa shape index (κ1) is 15.0. The lowest BCUT2D eigenvalue weighted by molar-refractivity contribution is 0.0148. The van der Waals surface area contributed by atoms with Crippen molar-refractivity contribution in [3.05, 3.63) is 59.3 Å². The molecule has 22 heavy (non-hydrogen) atoms. The van der Waals surface area contributed by atoms with Gasteiger partial charge in [0.1, 0.15) is 5.82 Å². The van der Waals surface area contributed by atoms with Crippen molar-refractivity contribution in [2.24, 2.45) is 0 Å². The molecule has 3 rings (SSSR count). The van der Waals surface area contributed by atoms with E-state index >= 15 is 0 Å². The van der Waals surface area contributed by atoms with Crippen molar-refractivity contribution >= 4 is 5.82 Å². The van der Waals surface area contributed by atoms with E-state index in [0.717, 1.165) is 30.8 Å². The summed E-state index contributed by atoms with van der Waals surface area (Å²) in [5.74, 6) is 0.776. The van der Waals surface area contributed by atoms with Gasteiger partial charge in [-0.15, -0.1) is 0 Å². The highest BCUT2D eigenvalue weighted by molar-refractivity contribution is 5.41. The molecule has 0 spiro atoms. The van der Waals surface area contributed by atoms with Gasteiger partial charge in [-0.2, -0.15) is 0 Å². The fourth-order valence-corrected chi connectivity index (χ4v) is 2.98. The van der Waals surface area contributed by atoms with Crippen molar-refractivity contribution < 1.29 is 9.84 Å². The molecular formula is C18H22N2O2. The van der Waals surface area contributed by atoms with Crippen LogP contribution in [0.15, 0.2) is 42.5 Å². The number of hydrogen-bond acceptors (Lipinski definition) is 4. The fourth-order valence-electron chi connectivity index (χ4n) is 2.98. The topological polar surface area (TPSA) is 54.4 Å². The number of aliphatic hydroxyl groups is 1. The monoisotopic (exact) mass is 298 g/mol. The van der Waals surface area contributed by atoms with Gasteiger partial charge >= 0.3 is 0 Å². The predicted octanol–water partition coefficient (Wildman–Crippen LogP) is 3.21. The first-order valence-electron chi connectivity index (χ1n) is 7.74. The van der Waals surface area contributed by atoms with Crippen LogP contribution in [0.1, 0.15) is 36.6 Å². The number of nitrogens with one attached hydrogen (secondary N) is 1. The van der Waals surface area contributed by atoms with Crippen LogP contribution in [0.5, 0.6) is 0 Å². The lowest BCUT2D eigenvalue weighted by Crippen LogP contribution is -2.23. The third-order valence-electron chi connectivity index (χ3n) is 4.23. The number of nitrogens with zero attached hydrogens (tertiary/aromatic N) is 1. The van der Waals surface area contributed by atoms with E-state index in [0.29, 0.717) is 12.2 Å². The van der Waals surface area contributed by atoms with E-state index in [4.69, 9.17) is 4.74 Å². The molecule has 0 amide bonds. The number of anilines is 1. The van der Waals surface area contributed by atoms with Crippen LogP contribution in [0.4, 0.5) is 5.82 Å². The fraction of sp³-hybridized carbons (Fsp3) is 0.389. The van der Waals surface area contributed by atoms with Crippen molar-refractivity contribution in [2.45, 2.75) is 38.5 Å². The molecule has 1 fully saturated rings. The normalized spacial score (nSPS) is 21.0. The minimum atomic E-state index is -0.316. The average Bonchev–Trinajstić information content (AvgIpc) is 3.01. The minimum absolute atomic E-state index is 0.0743. The Bertz CT molecular complexity index is 622. The van der Waals surface area contributed by atoms with Gasteiger partial charge in [0.15, 0.2) is 0 Å². The molecule has 4 heteroatoms. The molecule has 1 saturated heterocycles. The maximum atomic E-state index is 9.66. The molecule has 1 aliphatic heterocycles. The number of pyridine rings is 1. The first-order valence-corrected chi connectivity index (χ1v) is 7.74. The maximum Gasteiger partial charge on any atom is 0.126 e. The highest BCUT2D eigenvalue weighted by Crippen LogP contribution is 2.37. The Hall–Kier alpha value is -1.91. The number of aromatic nitrogens is 1. The number of ether oxygens (including phenoxy) is 1. The number of hydrogen-bond donors (Lipinski definition) is 2. The smallest absolute Gasteiger partial charge is 0.126 e. The molecule has 116 valence electrons. The van der Waals surface area contributed by atoms with Crippen LogP contribution in [0, 0.1) is 0 Å². The van der Waals surface area contributed by atoms with Gasteiger partial charge in [-0.1, -0.05) is 36.4 Å². The first-order chi connectivity index (χ1) is 10.7. The number of aliphatic hydroxyl groups excluding tert-OH is 1. The van der Waals surface area contributed by atoms with E-state index in [1.165, 1.54) is 5.56 Å². The summed E-state index contributed by atoms with van der Waals surface area (Å²) in [5, 5.41) is 13.0. The molecule has 1 aromatic heterocycles. The van der Waals surface area contributed by atoms with Gasteiger partial charge in [-0.3, -0.25) is 0 Å². The standard InChI is InChI=1S/C18H22N2O2/c1-18(10-5-11-22-18)15-8-9-17(20-16(15)13-21)19-12-14-6-3-2-4-7-14/h2-4,6-9,21H,5,10-13H2,1H3,(H,19,20). The van der Waals surface area contributed by atoms with Crippen LogP contribution < -0.4 is 5.32 Å². The van der Waals surface area contributed by atoms with Gasteiger partial charge in [0.25, 0.3) is 0 Å². The third kappa shape index (κ3) is 3.13. The lowest BCUT2D eigenvalue weighted by Gasteiger charge is -2.26. The molecule has 1 atom stereocenters. The van der Waals surface area contributed by atoms with Crippen molar-refractivity contribution in [3.8, 4) is 0 Å².